The predicted molar refractivity (Wildman–Crippen MR) is 72.5 cm³/mol. The van der Waals surface area contributed by atoms with Crippen LogP contribution in [0, 0.1) is 0 Å². The average molecular weight is 254 g/mol. The molecule has 0 spiro atoms. The highest BCUT2D eigenvalue weighted by Gasteiger charge is 2.17. The van der Waals surface area contributed by atoms with Crippen molar-refractivity contribution in [2.45, 2.75) is 52.2 Å². The molecule has 0 aromatic carbocycles. The summed E-state index contributed by atoms with van der Waals surface area (Å²) in [6, 6.07) is 0.284. The molecular formula is C13H26N4O. The highest BCUT2D eigenvalue weighted by molar-refractivity contribution is 4.89. The van der Waals surface area contributed by atoms with Gasteiger partial charge in [0.05, 0.1) is 12.2 Å². The Kier molecular flexibility index (Phi) is 5.75. The zero-order valence-corrected chi connectivity index (χ0v) is 12.2. The third kappa shape index (κ3) is 5.60. The molecule has 1 rings (SSSR count). The molecule has 1 unspecified atom stereocenters. The molecule has 0 aliphatic carbocycles. The van der Waals surface area contributed by atoms with Gasteiger partial charge in [-0.05, 0) is 33.7 Å². The van der Waals surface area contributed by atoms with Gasteiger partial charge in [-0.3, -0.25) is 4.68 Å². The lowest BCUT2D eigenvalue weighted by molar-refractivity contribution is -0.0146. The number of aromatic nitrogens is 3. The Morgan fingerprint density at radius 3 is 2.67 bits per heavy atom. The van der Waals surface area contributed by atoms with Crippen LogP contribution in [0.3, 0.4) is 0 Å². The molecule has 0 radical (unpaired) electrons. The van der Waals surface area contributed by atoms with Crippen molar-refractivity contribution in [2.24, 2.45) is 7.05 Å². The van der Waals surface area contributed by atoms with Crippen LogP contribution in [0.25, 0.3) is 0 Å². The zero-order valence-electron chi connectivity index (χ0n) is 12.2. The number of aryl methyl sites for hydroxylation is 1. The van der Waals surface area contributed by atoms with Gasteiger partial charge in [0.2, 0.25) is 0 Å². The summed E-state index contributed by atoms with van der Waals surface area (Å²) in [7, 11) is 1.92. The molecule has 5 nitrogen and oxygen atoms in total. The average Bonchev–Trinajstić information content (AvgIpc) is 2.67. The lowest BCUT2D eigenvalue weighted by Crippen LogP contribution is -2.39. The molecule has 1 heterocycles. The summed E-state index contributed by atoms with van der Waals surface area (Å²) in [6.45, 7) is 10.1. The van der Waals surface area contributed by atoms with Crippen molar-refractivity contribution in [3.05, 3.63) is 12.2 Å². The van der Waals surface area contributed by atoms with Crippen molar-refractivity contribution in [3.63, 3.8) is 0 Å². The molecule has 0 amide bonds. The Bertz CT molecular complexity index is 343. The van der Waals surface area contributed by atoms with Gasteiger partial charge in [-0.2, -0.15) is 5.10 Å². The molecule has 104 valence electrons. The monoisotopic (exact) mass is 254 g/mol. The van der Waals surface area contributed by atoms with Gasteiger partial charge in [-0.25, -0.2) is 4.98 Å². The molecular weight excluding hydrogens is 228 g/mol. The third-order valence-electron chi connectivity index (χ3n) is 2.63. The second-order valence-electron chi connectivity index (χ2n) is 5.58. The minimum atomic E-state index is -0.105. The van der Waals surface area contributed by atoms with Gasteiger partial charge < -0.3 is 10.1 Å². The Balaban J connectivity index is 2.52. The maximum absolute atomic E-state index is 5.86. The third-order valence-corrected chi connectivity index (χ3v) is 2.63. The molecule has 1 atom stereocenters. The van der Waals surface area contributed by atoms with Gasteiger partial charge in [0.15, 0.2) is 0 Å². The summed E-state index contributed by atoms with van der Waals surface area (Å²) in [5, 5.41) is 7.60. The van der Waals surface area contributed by atoms with Crippen LogP contribution >= 0.6 is 0 Å². The standard InChI is InChI=1S/C13H26N4O/c1-6-7-14-11(9-18-13(2,3)4)8-12-15-10-16-17(12)5/h10-11,14H,6-9H2,1-5H3. The molecule has 0 saturated carbocycles. The summed E-state index contributed by atoms with van der Waals surface area (Å²) in [6.07, 6.45) is 3.55. The van der Waals surface area contributed by atoms with Gasteiger partial charge in [0.25, 0.3) is 0 Å². The summed E-state index contributed by atoms with van der Waals surface area (Å²) in [4.78, 5) is 4.26. The lowest BCUT2D eigenvalue weighted by atomic mass is 10.1. The normalized spacial score (nSPS) is 13.8. The largest absolute Gasteiger partial charge is 0.374 e. The Labute approximate surface area is 110 Å². The molecule has 0 aliphatic rings. The van der Waals surface area contributed by atoms with Crippen molar-refractivity contribution in [3.8, 4) is 0 Å². The van der Waals surface area contributed by atoms with E-state index in [-0.39, 0.29) is 11.6 Å². The molecule has 1 N–H and O–H groups in total. The van der Waals surface area contributed by atoms with E-state index in [1.165, 1.54) is 0 Å². The smallest absolute Gasteiger partial charge is 0.138 e. The summed E-state index contributed by atoms with van der Waals surface area (Å²) >= 11 is 0. The molecule has 1 aromatic rings. The van der Waals surface area contributed by atoms with Crippen LogP contribution in [0.5, 0.6) is 0 Å². The lowest BCUT2D eigenvalue weighted by Gasteiger charge is -2.25. The Hall–Kier alpha value is -0.940. The van der Waals surface area contributed by atoms with Crippen molar-refractivity contribution in [1.29, 1.82) is 0 Å². The van der Waals surface area contributed by atoms with Gasteiger partial charge in [-0.15, -0.1) is 0 Å². The second kappa shape index (κ2) is 6.85. The van der Waals surface area contributed by atoms with Crippen LogP contribution in [0.15, 0.2) is 6.33 Å². The van der Waals surface area contributed by atoms with E-state index < -0.39 is 0 Å². The highest BCUT2D eigenvalue weighted by Crippen LogP contribution is 2.09. The van der Waals surface area contributed by atoms with Gasteiger partial charge in [0.1, 0.15) is 12.2 Å². The number of nitrogens with zero attached hydrogens (tertiary/aromatic N) is 3. The van der Waals surface area contributed by atoms with E-state index in [1.54, 1.807) is 6.33 Å². The van der Waals surface area contributed by atoms with Crippen molar-refractivity contribution >= 4 is 0 Å². The van der Waals surface area contributed by atoms with Crippen molar-refractivity contribution < 1.29 is 4.74 Å². The fourth-order valence-electron chi connectivity index (χ4n) is 1.61. The molecule has 0 aliphatic heterocycles. The van der Waals surface area contributed by atoms with E-state index in [2.05, 4.69) is 43.1 Å². The molecule has 0 bridgehead atoms. The first-order valence-electron chi connectivity index (χ1n) is 6.62. The van der Waals surface area contributed by atoms with E-state index in [0.29, 0.717) is 6.61 Å². The number of ether oxygens (including phenoxy) is 1. The minimum absolute atomic E-state index is 0.105. The van der Waals surface area contributed by atoms with E-state index >= 15 is 0 Å². The summed E-state index contributed by atoms with van der Waals surface area (Å²) < 4.78 is 7.67. The maximum Gasteiger partial charge on any atom is 0.138 e. The SMILES string of the molecule is CCCNC(COC(C)(C)C)Cc1ncnn1C. The number of hydrogen-bond acceptors (Lipinski definition) is 4. The van der Waals surface area contributed by atoms with Crippen LogP contribution in [-0.4, -0.2) is 39.6 Å². The first-order valence-corrected chi connectivity index (χ1v) is 6.62. The Morgan fingerprint density at radius 1 is 1.44 bits per heavy atom. The predicted octanol–water partition coefficient (Wildman–Crippen LogP) is 1.54. The molecule has 5 heteroatoms. The van der Waals surface area contributed by atoms with Crippen LogP contribution in [0.2, 0.25) is 0 Å². The number of rotatable bonds is 7. The highest BCUT2D eigenvalue weighted by atomic mass is 16.5. The Morgan fingerprint density at radius 2 is 2.17 bits per heavy atom. The maximum atomic E-state index is 5.86. The van der Waals surface area contributed by atoms with Crippen molar-refractivity contribution in [2.75, 3.05) is 13.2 Å². The molecule has 0 saturated heterocycles. The van der Waals surface area contributed by atoms with Crippen LogP contribution < -0.4 is 5.32 Å². The van der Waals surface area contributed by atoms with E-state index in [1.807, 2.05) is 11.7 Å². The van der Waals surface area contributed by atoms with E-state index in [4.69, 9.17) is 4.74 Å². The number of nitrogens with one attached hydrogen (secondary N) is 1. The summed E-state index contributed by atoms with van der Waals surface area (Å²) in [5.41, 5.74) is -0.105. The fourth-order valence-corrected chi connectivity index (χ4v) is 1.61. The first kappa shape index (κ1) is 15.1. The van der Waals surface area contributed by atoms with Gasteiger partial charge >= 0.3 is 0 Å². The van der Waals surface area contributed by atoms with E-state index in [9.17, 15) is 0 Å². The quantitative estimate of drug-likeness (QED) is 0.802. The van der Waals surface area contributed by atoms with Crippen LogP contribution in [-0.2, 0) is 18.2 Å². The summed E-state index contributed by atoms with van der Waals surface area (Å²) in [5.74, 6) is 0.987. The second-order valence-corrected chi connectivity index (χ2v) is 5.58. The van der Waals surface area contributed by atoms with E-state index in [0.717, 1.165) is 25.2 Å². The minimum Gasteiger partial charge on any atom is -0.374 e. The van der Waals surface area contributed by atoms with Gasteiger partial charge in [0, 0.05) is 19.5 Å². The molecule has 1 aromatic heterocycles. The topological polar surface area (TPSA) is 52.0 Å². The fraction of sp³-hybridized carbons (Fsp3) is 0.846. The first-order chi connectivity index (χ1) is 8.42. The van der Waals surface area contributed by atoms with Gasteiger partial charge in [-0.1, -0.05) is 6.92 Å². The van der Waals surface area contributed by atoms with Crippen LogP contribution in [0.1, 0.15) is 39.9 Å². The van der Waals surface area contributed by atoms with Crippen LogP contribution in [0.4, 0.5) is 0 Å². The zero-order chi connectivity index (χ0) is 13.6. The molecule has 18 heavy (non-hydrogen) atoms. The molecule has 0 fully saturated rings. The number of hydrogen-bond donors (Lipinski definition) is 1. The van der Waals surface area contributed by atoms with Crippen molar-refractivity contribution in [1.82, 2.24) is 20.1 Å².